The number of hydrogen-bond acceptors (Lipinski definition) is 5. The van der Waals surface area contributed by atoms with Crippen molar-refractivity contribution in [3.8, 4) is 0 Å². The molecular formula is C21H20BrN5O3. The molecule has 3 aromatic rings. The van der Waals surface area contributed by atoms with Gasteiger partial charge in [0, 0.05) is 22.8 Å². The molecule has 0 aliphatic rings. The Morgan fingerprint density at radius 2 is 1.93 bits per heavy atom. The minimum Gasteiger partial charge on any atom is -0.445 e. The largest absolute Gasteiger partial charge is 0.445 e. The molecule has 0 radical (unpaired) electrons. The van der Waals surface area contributed by atoms with Crippen LogP contribution in [-0.4, -0.2) is 34.2 Å². The Morgan fingerprint density at radius 3 is 2.63 bits per heavy atom. The molecule has 0 saturated heterocycles. The maximum absolute atomic E-state index is 12.6. The second-order valence-corrected chi connectivity index (χ2v) is 7.24. The van der Waals surface area contributed by atoms with Crippen molar-refractivity contribution in [3.63, 3.8) is 0 Å². The van der Waals surface area contributed by atoms with Gasteiger partial charge in [0.15, 0.2) is 0 Å². The standard InChI is InChI=1S/C21H20BrN5O3/c22-17-8-6-15(7-9-17)11-25-27-20(28)19(10-18-12-23-14-24-18)26-21(29)30-13-16-4-2-1-3-5-16/h1-9,11-12,14,19H,10,13H2,(H,23,24)(H,26,29)(H,27,28)/b25-11-/t19-/m0/s1. The normalized spacial score (nSPS) is 11.8. The Bertz CT molecular complexity index is 976. The number of halogens is 1. The second-order valence-electron chi connectivity index (χ2n) is 6.33. The van der Waals surface area contributed by atoms with E-state index < -0.39 is 18.0 Å². The van der Waals surface area contributed by atoms with Crippen LogP contribution in [0.4, 0.5) is 4.79 Å². The number of amides is 2. The minimum absolute atomic E-state index is 0.104. The Morgan fingerprint density at radius 1 is 1.17 bits per heavy atom. The Kier molecular flexibility index (Phi) is 7.73. The first-order valence-electron chi connectivity index (χ1n) is 9.13. The van der Waals surface area contributed by atoms with Gasteiger partial charge >= 0.3 is 6.09 Å². The molecule has 0 aliphatic heterocycles. The third-order valence-electron chi connectivity index (χ3n) is 4.06. The van der Waals surface area contributed by atoms with Crippen LogP contribution in [0.5, 0.6) is 0 Å². The number of benzene rings is 2. The van der Waals surface area contributed by atoms with E-state index in [1.54, 1.807) is 6.20 Å². The second kappa shape index (κ2) is 10.9. The lowest BCUT2D eigenvalue weighted by Gasteiger charge is -2.16. The molecular weight excluding hydrogens is 450 g/mol. The Labute approximate surface area is 181 Å². The zero-order valence-electron chi connectivity index (χ0n) is 15.9. The summed E-state index contributed by atoms with van der Waals surface area (Å²) in [5, 5.41) is 6.54. The lowest BCUT2D eigenvalue weighted by molar-refractivity contribution is -0.123. The lowest BCUT2D eigenvalue weighted by atomic mass is 10.1. The molecule has 0 aliphatic carbocycles. The van der Waals surface area contributed by atoms with Crippen molar-refractivity contribution in [2.24, 2.45) is 5.10 Å². The quantitative estimate of drug-likeness (QED) is 0.347. The molecule has 1 atom stereocenters. The molecule has 8 nitrogen and oxygen atoms in total. The molecule has 1 aromatic heterocycles. The van der Waals surface area contributed by atoms with Crippen LogP contribution in [0.1, 0.15) is 16.8 Å². The summed E-state index contributed by atoms with van der Waals surface area (Å²) in [6.07, 6.45) is 4.12. The summed E-state index contributed by atoms with van der Waals surface area (Å²) in [5.74, 6) is -0.477. The number of alkyl carbamates (subject to hydrolysis) is 1. The lowest BCUT2D eigenvalue weighted by Crippen LogP contribution is -2.47. The molecule has 9 heteroatoms. The number of aromatic amines is 1. The van der Waals surface area contributed by atoms with E-state index in [1.165, 1.54) is 12.5 Å². The Balaban J connectivity index is 1.58. The maximum Gasteiger partial charge on any atom is 0.408 e. The highest BCUT2D eigenvalue weighted by atomic mass is 79.9. The van der Waals surface area contributed by atoms with Crippen LogP contribution >= 0.6 is 15.9 Å². The molecule has 3 rings (SSSR count). The van der Waals surface area contributed by atoms with Gasteiger partial charge in [0.05, 0.1) is 12.5 Å². The third-order valence-corrected chi connectivity index (χ3v) is 4.59. The number of ether oxygens (including phenoxy) is 1. The summed E-state index contributed by atoms with van der Waals surface area (Å²) in [7, 11) is 0. The van der Waals surface area contributed by atoms with Gasteiger partial charge < -0.3 is 15.0 Å². The molecule has 2 amide bonds. The monoisotopic (exact) mass is 469 g/mol. The van der Waals surface area contributed by atoms with E-state index in [0.717, 1.165) is 15.6 Å². The molecule has 0 unspecified atom stereocenters. The molecule has 3 N–H and O–H groups in total. The topological polar surface area (TPSA) is 108 Å². The molecule has 0 bridgehead atoms. The van der Waals surface area contributed by atoms with E-state index in [-0.39, 0.29) is 13.0 Å². The van der Waals surface area contributed by atoms with Gasteiger partial charge in [0.2, 0.25) is 0 Å². The van der Waals surface area contributed by atoms with E-state index >= 15 is 0 Å². The number of rotatable bonds is 8. The number of H-pyrrole nitrogens is 1. The van der Waals surface area contributed by atoms with Gasteiger partial charge in [-0.25, -0.2) is 15.2 Å². The first-order chi connectivity index (χ1) is 14.6. The highest BCUT2D eigenvalue weighted by Crippen LogP contribution is 2.09. The summed E-state index contributed by atoms with van der Waals surface area (Å²) in [6, 6.07) is 15.8. The number of imidazole rings is 1. The van der Waals surface area contributed by atoms with Crippen LogP contribution in [0.3, 0.4) is 0 Å². The molecule has 154 valence electrons. The predicted octanol–water partition coefficient (Wildman–Crippen LogP) is 3.16. The maximum atomic E-state index is 12.6. The smallest absolute Gasteiger partial charge is 0.408 e. The number of aromatic nitrogens is 2. The summed E-state index contributed by atoms with van der Waals surface area (Å²) in [5.41, 5.74) is 4.81. The fourth-order valence-corrected chi connectivity index (χ4v) is 2.79. The van der Waals surface area contributed by atoms with E-state index in [1.807, 2.05) is 54.6 Å². The average molecular weight is 470 g/mol. The van der Waals surface area contributed by atoms with Gasteiger partial charge in [-0.3, -0.25) is 4.79 Å². The van der Waals surface area contributed by atoms with Crippen LogP contribution in [0.25, 0.3) is 0 Å². The number of nitrogens with zero attached hydrogens (tertiary/aromatic N) is 2. The van der Waals surface area contributed by atoms with Gasteiger partial charge in [0.25, 0.3) is 5.91 Å². The minimum atomic E-state index is -0.893. The fraction of sp³-hybridized carbons (Fsp3) is 0.143. The number of nitrogens with one attached hydrogen (secondary N) is 3. The fourth-order valence-electron chi connectivity index (χ4n) is 2.53. The third kappa shape index (κ3) is 6.85. The SMILES string of the molecule is O=C(N[C@@H](Cc1cnc[nH]1)C(=O)N/N=C\c1ccc(Br)cc1)OCc1ccccc1. The summed E-state index contributed by atoms with van der Waals surface area (Å²) < 4.78 is 6.16. The van der Waals surface area contributed by atoms with Gasteiger partial charge in [-0.05, 0) is 23.3 Å². The van der Waals surface area contributed by atoms with Crippen LogP contribution < -0.4 is 10.7 Å². The highest BCUT2D eigenvalue weighted by molar-refractivity contribution is 9.10. The average Bonchev–Trinajstić information content (AvgIpc) is 3.27. The summed E-state index contributed by atoms with van der Waals surface area (Å²) in [4.78, 5) is 31.6. The molecule has 0 spiro atoms. The van der Waals surface area contributed by atoms with Crippen LogP contribution in [0.2, 0.25) is 0 Å². The van der Waals surface area contributed by atoms with Gasteiger partial charge in [-0.1, -0.05) is 58.4 Å². The van der Waals surface area contributed by atoms with Crippen molar-refractivity contribution in [2.75, 3.05) is 0 Å². The van der Waals surface area contributed by atoms with Crippen molar-refractivity contribution < 1.29 is 14.3 Å². The van der Waals surface area contributed by atoms with Gasteiger partial charge in [0.1, 0.15) is 12.6 Å². The first-order valence-corrected chi connectivity index (χ1v) is 9.92. The Hall–Kier alpha value is -3.46. The van der Waals surface area contributed by atoms with Crippen molar-refractivity contribution in [2.45, 2.75) is 19.1 Å². The predicted molar refractivity (Wildman–Crippen MR) is 116 cm³/mol. The number of carbonyl (C=O) groups excluding carboxylic acids is 2. The zero-order chi connectivity index (χ0) is 21.2. The van der Waals surface area contributed by atoms with E-state index in [9.17, 15) is 9.59 Å². The van der Waals surface area contributed by atoms with Crippen molar-refractivity contribution in [3.05, 3.63) is 88.4 Å². The van der Waals surface area contributed by atoms with E-state index in [4.69, 9.17) is 4.74 Å². The highest BCUT2D eigenvalue weighted by Gasteiger charge is 2.22. The number of carbonyl (C=O) groups is 2. The van der Waals surface area contributed by atoms with Crippen molar-refractivity contribution in [1.29, 1.82) is 0 Å². The first kappa shape index (κ1) is 21.3. The molecule has 0 fully saturated rings. The molecule has 2 aromatic carbocycles. The van der Waals surface area contributed by atoms with Crippen LogP contribution in [0, 0.1) is 0 Å². The van der Waals surface area contributed by atoms with E-state index in [0.29, 0.717) is 5.69 Å². The zero-order valence-corrected chi connectivity index (χ0v) is 17.5. The number of hydrazone groups is 1. The molecule has 30 heavy (non-hydrogen) atoms. The van der Waals surface area contributed by atoms with Crippen LogP contribution in [0.15, 0.2) is 76.7 Å². The van der Waals surface area contributed by atoms with Crippen LogP contribution in [-0.2, 0) is 22.6 Å². The molecule has 1 heterocycles. The van der Waals surface area contributed by atoms with Gasteiger partial charge in [-0.2, -0.15) is 5.10 Å². The number of hydrogen-bond donors (Lipinski definition) is 3. The summed E-state index contributed by atoms with van der Waals surface area (Å²) in [6.45, 7) is 0.104. The van der Waals surface area contributed by atoms with Crippen molar-refractivity contribution >= 4 is 34.1 Å². The van der Waals surface area contributed by atoms with Gasteiger partial charge in [-0.15, -0.1) is 0 Å². The van der Waals surface area contributed by atoms with E-state index in [2.05, 4.69) is 41.7 Å². The van der Waals surface area contributed by atoms with Crippen molar-refractivity contribution in [1.82, 2.24) is 20.7 Å². The summed E-state index contributed by atoms with van der Waals surface area (Å²) >= 11 is 3.36. The molecule has 0 saturated carbocycles.